The minimum Gasteiger partial charge on any atom is -0.481 e. The number of amides is 1. The Bertz CT molecular complexity index is 1010. The largest absolute Gasteiger partial charge is 0.481 e. The van der Waals surface area contributed by atoms with Gasteiger partial charge in [-0.3, -0.25) is 14.7 Å². The number of thiazole rings is 1. The molecule has 4 rings (SSSR count). The monoisotopic (exact) mass is 396 g/mol. The maximum atomic E-state index is 13.0. The van der Waals surface area contributed by atoms with Crippen LogP contribution >= 0.6 is 11.3 Å². The Hall–Kier alpha value is -3.00. The second-order valence-electron chi connectivity index (χ2n) is 7.22. The molecule has 1 amide bonds. The molecule has 8 heteroatoms. The van der Waals surface area contributed by atoms with E-state index in [1.54, 1.807) is 0 Å². The average molecular weight is 396 g/mol. The van der Waals surface area contributed by atoms with Gasteiger partial charge in [-0.2, -0.15) is 5.10 Å². The normalized spacial score (nSPS) is 14.6. The lowest BCUT2D eigenvalue weighted by molar-refractivity contribution is -0.145. The summed E-state index contributed by atoms with van der Waals surface area (Å²) in [4.78, 5) is 29.0. The van der Waals surface area contributed by atoms with E-state index in [9.17, 15) is 14.7 Å². The molecular formula is C20H20N4O3S. The molecule has 3 N–H and O–H groups in total. The van der Waals surface area contributed by atoms with E-state index in [-0.39, 0.29) is 18.9 Å². The molecule has 0 spiro atoms. The first-order valence-corrected chi connectivity index (χ1v) is 9.87. The lowest BCUT2D eigenvalue weighted by atomic mass is 9.80. The number of nitrogens with zero attached hydrogens (tertiary/aromatic N) is 2. The molecule has 2 heterocycles. The van der Waals surface area contributed by atoms with Crippen molar-refractivity contribution in [2.75, 3.05) is 0 Å². The highest BCUT2D eigenvalue weighted by molar-refractivity contribution is 7.09. The molecule has 0 saturated carbocycles. The van der Waals surface area contributed by atoms with Gasteiger partial charge in [0.15, 0.2) is 0 Å². The third-order valence-corrected chi connectivity index (χ3v) is 5.92. The minimum atomic E-state index is -0.964. The number of aryl methyl sites for hydroxylation is 1. The van der Waals surface area contributed by atoms with Gasteiger partial charge in [-0.25, -0.2) is 4.98 Å². The smallest absolute Gasteiger partial charge is 0.304 e. The van der Waals surface area contributed by atoms with E-state index in [1.165, 1.54) is 11.3 Å². The van der Waals surface area contributed by atoms with Gasteiger partial charge in [-0.05, 0) is 37.0 Å². The van der Waals surface area contributed by atoms with Crippen LogP contribution < -0.4 is 5.32 Å². The van der Waals surface area contributed by atoms with Gasteiger partial charge in [0.1, 0.15) is 16.4 Å². The van der Waals surface area contributed by atoms with E-state index in [1.807, 2.05) is 42.6 Å². The number of aliphatic carboxylic acids is 1. The highest BCUT2D eigenvalue weighted by atomic mass is 32.1. The molecular weight excluding hydrogens is 376 g/mol. The summed E-state index contributed by atoms with van der Waals surface area (Å²) in [7, 11) is 0. The number of hydrogen-bond donors (Lipinski definition) is 3. The number of carbonyl (C=O) groups is 2. The Kier molecular flexibility index (Phi) is 4.72. The van der Waals surface area contributed by atoms with Crippen molar-refractivity contribution in [3.8, 4) is 11.4 Å². The van der Waals surface area contributed by atoms with Gasteiger partial charge < -0.3 is 10.4 Å². The van der Waals surface area contributed by atoms with Crippen LogP contribution in [0.15, 0.2) is 35.7 Å². The van der Waals surface area contributed by atoms with Gasteiger partial charge in [0, 0.05) is 11.1 Å². The second kappa shape index (κ2) is 7.20. The summed E-state index contributed by atoms with van der Waals surface area (Å²) in [6.45, 7) is 2.19. The van der Waals surface area contributed by atoms with E-state index in [4.69, 9.17) is 0 Å². The number of hydrogen-bond acceptors (Lipinski definition) is 5. The summed E-state index contributed by atoms with van der Waals surface area (Å²) < 4.78 is 0. The quantitative estimate of drug-likeness (QED) is 0.594. The highest BCUT2D eigenvalue weighted by Gasteiger charge is 2.45. The van der Waals surface area contributed by atoms with Crippen molar-refractivity contribution in [1.29, 1.82) is 0 Å². The Morgan fingerprint density at radius 1 is 1.25 bits per heavy atom. The van der Waals surface area contributed by atoms with Gasteiger partial charge in [-0.1, -0.05) is 24.3 Å². The van der Waals surface area contributed by atoms with Crippen LogP contribution in [0, 0.1) is 12.3 Å². The zero-order valence-corrected chi connectivity index (χ0v) is 16.2. The van der Waals surface area contributed by atoms with Crippen LogP contribution in [0.3, 0.4) is 0 Å². The average Bonchev–Trinajstić information content (AvgIpc) is 3.36. The van der Waals surface area contributed by atoms with Crippen molar-refractivity contribution in [3.05, 3.63) is 57.5 Å². The number of rotatable bonds is 6. The number of H-pyrrole nitrogens is 1. The molecule has 3 aromatic rings. The van der Waals surface area contributed by atoms with Crippen molar-refractivity contribution in [3.63, 3.8) is 0 Å². The number of carboxylic acid groups (broad SMARTS) is 1. The molecule has 28 heavy (non-hydrogen) atoms. The van der Waals surface area contributed by atoms with Gasteiger partial charge in [0.05, 0.1) is 18.4 Å². The van der Waals surface area contributed by atoms with Crippen molar-refractivity contribution in [2.24, 2.45) is 5.41 Å². The van der Waals surface area contributed by atoms with Crippen molar-refractivity contribution in [2.45, 2.75) is 32.7 Å². The predicted molar refractivity (Wildman–Crippen MR) is 105 cm³/mol. The lowest BCUT2D eigenvalue weighted by Gasteiger charge is -2.25. The Balaban J connectivity index is 1.47. The predicted octanol–water partition coefficient (Wildman–Crippen LogP) is 2.72. The summed E-state index contributed by atoms with van der Waals surface area (Å²) in [5.41, 5.74) is 3.62. The third-order valence-electron chi connectivity index (χ3n) is 5.07. The van der Waals surface area contributed by atoms with Crippen molar-refractivity contribution >= 4 is 23.2 Å². The number of benzene rings is 1. The molecule has 7 nitrogen and oxygen atoms in total. The number of carbonyl (C=O) groups excluding carboxylic acids is 1. The van der Waals surface area contributed by atoms with Crippen LogP contribution in [0.25, 0.3) is 11.4 Å². The van der Waals surface area contributed by atoms with E-state index in [2.05, 4.69) is 20.5 Å². The molecule has 0 saturated heterocycles. The first-order valence-electron chi connectivity index (χ1n) is 8.99. The lowest BCUT2D eigenvalue weighted by Crippen LogP contribution is -2.43. The number of fused-ring (bicyclic) bond motifs is 1. The zero-order chi connectivity index (χ0) is 19.7. The third kappa shape index (κ3) is 3.55. The minimum absolute atomic E-state index is 0.191. The van der Waals surface area contributed by atoms with E-state index < -0.39 is 11.4 Å². The molecule has 1 aliphatic rings. The first-order chi connectivity index (χ1) is 13.4. The summed E-state index contributed by atoms with van der Waals surface area (Å²) in [6, 6.07) is 9.67. The van der Waals surface area contributed by atoms with Crippen LogP contribution in [-0.2, 0) is 29.0 Å². The SMILES string of the molecule is Cc1cc(-c2csc(CNC(=O)C3(CC(=O)O)Cc4ccccc4C3)n2)n[nH]1. The highest BCUT2D eigenvalue weighted by Crippen LogP contribution is 2.40. The molecule has 0 unspecified atom stereocenters. The molecule has 0 atom stereocenters. The second-order valence-corrected chi connectivity index (χ2v) is 8.16. The van der Waals surface area contributed by atoms with Crippen LogP contribution in [-0.4, -0.2) is 32.2 Å². The molecule has 2 aromatic heterocycles. The van der Waals surface area contributed by atoms with Gasteiger partial charge >= 0.3 is 5.97 Å². The fraction of sp³-hybridized carbons (Fsp3) is 0.300. The fourth-order valence-electron chi connectivity index (χ4n) is 3.75. The zero-order valence-electron chi connectivity index (χ0n) is 15.4. The molecule has 1 aliphatic carbocycles. The molecule has 0 fully saturated rings. The Morgan fingerprint density at radius 3 is 2.57 bits per heavy atom. The van der Waals surface area contributed by atoms with Crippen molar-refractivity contribution < 1.29 is 14.7 Å². The Morgan fingerprint density at radius 2 is 1.96 bits per heavy atom. The topological polar surface area (TPSA) is 108 Å². The van der Waals surface area contributed by atoms with E-state index in [0.717, 1.165) is 33.2 Å². The molecule has 1 aromatic carbocycles. The maximum Gasteiger partial charge on any atom is 0.304 e. The molecule has 0 bridgehead atoms. The summed E-state index contributed by atoms with van der Waals surface area (Å²) in [5.74, 6) is -1.20. The molecule has 0 radical (unpaired) electrons. The number of aromatic nitrogens is 3. The maximum absolute atomic E-state index is 13.0. The standard InChI is InChI=1S/C20H20N4O3S/c1-12-6-15(24-23-12)16-11-28-17(22-16)10-21-19(27)20(9-18(25)26)7-13-4-2-3-5-14(13)8-20/h2-6,11H,7-10H2,1H3,(H,21,27)(H,23,24)(H,25,26). The number of carboxylic acids is 1. The first kappa shape index (κ1) is 18.4. The summed E-state index contributed by atoms with van der Waals surface area (Å²) >= 11 is 1.44. The molecule has 144 valence electrons. The summed E-state index contributed by atoms with van der Waals surface area (Å²) in [6.07, 6.45) is 0.692. The molecule has 0 aliphatic heterocycles. The van der Waals surface area contributed by atoms with Gasteiger partial charge in [0.25, 0.3) is 0 Å². The number of nitrogens with one attached hydrogen (secondary N) is 2. The van der Waals surface area contributed by atoms with Crippen LogP contribution in [0.4, 0.5) is 0 Å². The van der Waals surface area contributed by atoms with Gasteiger partial charge in [0.2, 0.25) is 5.91 Å². The summed E-state index contributed by atoms with van der Waals surface area (Å²) in [5, 5.41) is 22.0. The fourth-order valence-corrected chi connectivity index (χ4v) is 4.48. The Labute approximate surface area is 165 Å². The van der Waals surface area contributed by atoms with E-state index in [0.29, 0.717) is 12.8 Å². The van der Waals surface area contributed by atoms with Gasteiger partial charge in [-0.15, -0.1) is 11.3 Å². The van der Waals surface area contributed by atoms with Crippen molar-refractivity contribution in [1.82, 2.24) is 20.5 Å². The van der Waals surface area contributed by atoms with E-state index >= 15 is 0 Å². The van der Waals surface area contributed by atoms with Crippen LogP contribution in [0.1, 0.15) is 28.2 Å². The number of aromatic amines is 1. The van der Waals surface area contributed by atoms with Crippen LogP contribution in [0.5, 0.6) is 0 Å². The van der Waals surface area contributed by atoms with Crippen LogP contribution in [0.2, 0.25) is 0 Å².